The fourth-order valence-electron chi connectivity index (χ4n) is 2.91. The van der Waals surface area contributed by atoms with E-state index in [0.29, 0.717) is 5.56 Å². The van der Waals surface area contributed by atoms with Gasteiger partial charge in [0.05, 0.1) is 0 Å². The van der Waals surface area contributed by atoms with E-state index in [1.807, 2.05) is 37.8 Å². The number of benzene rings is 1. The Morgan fingerprint density at radius 3 is 2.33 bits per heavy atom. The quantitative estimate of drug-likeness (QED) is 0.917. The van der Waals surface area contributed by atoms with E-state index >= 15 is 0 Å². The van der Waals surface area contributed by atoms with Crippen molar-refractivity contribution < 1.29 is 9.59 Å². The summed E-state index contributed by atoms with van der Waals surface area (Å²) in [6.45, 7) is 9.29. The van der Waals surface area contributed by atoms with Crippen molar-refractivity contribution >= 4 is 11.8 Å². The molecular weight excluding hydrogens is 302 g/mol. The molecule has 0 aromatic heterocycles. The summed E-state index contributed by atoms with van der Waals surface area (Å²) in [6.07, 6.45) is 0.971. The fraction of sp³-hybridized carbons (Fsp3) is 0.579. The summed E-state index contributed by atoms with van der Waals surface area (Å²) in [4.78, 5) is 29.5. The predicted molar refractivity (Wildman–Crippen MR) is 96.0 cm³/mol. The van der Waals surface area contributed by atoms with Crippen LogP contribution < -0.4 is 5.32 Å². The van der Waals surface area contributed by atoms with E-state index in [1.54, 1.807) is 12.1 Å². The lowest BCUT2D eigenvalue weighted by atomic mass is 10.0. The van der Waals surface area contributed by atoms with E-state index < -0.39 is 6.04 Å². The van der Waals surface area contributed by atoms with Crippen molar-refractivity contribution in [2.45, 2.75) is 33.2 Å². The Morgan fingerprint density at radius 2 is 1.71 bits per heavy atom. The maximum Gasteiger partial charge on any atom is 0.251 e. The van der Waals surface area contributed by atoms with Gasteiger partial charge in [-0.3, -0.25) is 9.59 Å². The molecule has 0 saturated carbocycles. The molecular formula is C19H29N3O2. The first-order valence-corrected chi connectivity index (χ1v) is 8.73. The monoisotopic (exact) mass is 331 g/mol. The number of aryl methyl sites for hydroxylation is 1. The third-order valence-corrected chi connectivity index (χ3v) is 4.56. The summed E-state index contributed by atoms with van der Waals surface area (Å²) in [7, 11) is 2.08. The summed E-state index contributed by atoms with van der Waals surface area (Å²) in [6, 6.07) is 6.93. The lowest BCUT2D eigenvalue weighted by molar-refractivity contribution is -0.134. The number of likely N-dealkylation sites (N-methyl/N-ethyl adjacent to an activating group) is 1. The molecule has 0 radical (unpaired) electrons. The molecule has 1 heterocycles. The highest BCUT2D eigenvalue weighted by molar-refractivity contribution is 5.97. The molecule has 1 unspecified atom stereocenters. The van der Waals surface area contributed by atoms with Gasteiger partial charge in [-0.15, -0.1) is 0 Å². The van der Waals surface area contributed by atoms with Gasteiger partial charge in [0.15, 0.2) is 0 Å². The third kappa shape index (κ3) is 4.81. The van der Waals surface area contributed by atoms with Gasteiger partial charge in [-0.05, 0) is 45.0 Å². The lowest BCUT2D eigenvalue weighted by Gasteiger charge is -2.29. The van der Waals surface area contributed by atoms with E-state index in [-0.39, 0.29) is 17.7 Å². The molecule has 0 bridgehead atoms. The maximum absolute atomic E-state index is 12.9. The number of amides is 2. The normalized spacial score (nSPS) is 17.5. The Labute approximate surface area is 145 Å². The van der Waals surface area contributed by atoms with E-state index in [1.165, 1.54) is 0 Å². The molecule has 1 aliphatic rings. The van der Waals surface area contributed by atoms with Gasteiger partial charge in [-0.25, -0.2) is 0 Å². The van der Waals surface area contributed by atoms with Crippen LogP contribution >= 0.6 is 0 Å². The highest BCUT2D eigenvalue weighted by atomic mass is 16.2. The highest BCUT2D eigenvalue weighted by Gasteiger charge is 2.29. The number of nitrogens with zero attached hydrogens (tertiary/aromatic N) is 2. The number of hydrogen-bond acceptors (Lipinski definition) is 3. The van der Waals surface area contributed by atoms with Crippen molar-refractivity contribution in [1.29, 1.82) is 0 Å². The van der Waals surface area contributed by atoms with Crippen LogP contribution in [0, 0.1) is 12.8 Å². The van der Waals surface area contributed by atoms with Crippen LogP contribution in [-0.4, -0.2) is 60.9 Å². The van der Waals surface area contributed by atoms with Crippen LogP contribution in [0.15, 0.2) is 24.3 Å². The van der Waals surface area contributed by atoms with E-state index in [2.05, 4.69) is 17.3 Å². The number of rotatable bonds is 4. The zero-order chi connectivity index (χ0) is 17.7. The van der Waals surface area contributed by atoms with Crippen LogP contribution in [0.4, 0.5) is 0 Å². The van der Waals surface area contributed by atoms with Crippen molar-refractivity contribution in [3.63, 3.8) is 0 Å². The number of nitrogens with one attached hydrogen (secondary N) is 1. The number of carbonyl (C=O) groups excluding carboxylic acids is 2. The van der Waals surface area contributed by atoms with E-state index in [4.69, 9.17) is 0 Å². The molecule has 5 nitrogen and oxygen atoms in total. The van der Waals surface area contributed by atoms with Crippen molar-refractivity contribution in [3.8, 4) is 0 Å². The number of hydrogen-bond donors (Lipinski definition) is 1. The van der Waals surface area contributed by atoms with Gasteiger partial charge in [0.2, 0.25) is 5.91 Å². The first-order valence-electron chi connectivity index (χ1n) is 8.73. The minimum absolute atomic E-state index is 0.0285. The lowest BCUT2D eigenvalue weighted by Crippen LogP contribution is -2.52. The van der Waals surface area contributed by atoms with Gasteiger partial charge in [-0.1, -0.05) is 31.5 Å². The first-order chi connectivity index (χ1) is 11.4. The van der Waals surface area contributed by atoms with Crippen LogP contribution in [0.3, 0.4) is 0 Å². The molecule has 1 fully saturated rings. The van der Waals surface area contributed by atoms with Gasteiger partial charge < -0.3 is 15.1 Å². The Balaban J connectivity index is 2.06. The molecule has 2 rings (SSSR count). The second-order valence-electron chi connectivity index (χ2n) is 7.04. The molecule has 24 heavy (non-hydrogen) atoms. The van der Waals surface area contributed by atoms with Gasteiger partial charge >= 0.3 is 0 Å². The minimum atomic E-state index is -0.484. The molecule has 1 aromatic carbocycles. The van der Waals surface area contributed by atoms with Crippen LogP contribution in [0.5, 0.6) is 0 Å². The average Bonchev–Trinajstić information content (AvgIpc) is 2.76. The topological polar surface area (TPSA) is 52.7 Å². The second-order valence-corrected chi connectivity index (χ2v) is 7.04. The zero-order valence-corrected chi connectivity index (χ0v) is 15.2. The van der Waals surface area contributed by atoms with Crippen molar-refractivity contribution in [3.05, 3.63) is 35.4 Å². The molecule has 0 aliphatic carbocycles. The van der Waals surface area contributed by atoms with Gasteiger partial charge in [0.1, 0.15) is 6.04 Å². The molecule has 1 atom stereocenters. The Hall–Kier alpha value is -1.88. The van der Waals surface area contributed by atoms with Crippen molar-refractivity contribution in [1.82, 2.24) is 15.1 Å². The maximum atomic E-state index is 12.9. The fourth-order valence-corrected chi connectivity index (χ4v) is 2.91. The number of carbonyl (C=O) groups is 2. The molecule has 1 aromatic rings. The smallest absolute Gasteiger partial charge is 0.251 e. The van der Waals surface area contributed by atoms with Crippen LogP contribution in [0.1, 0.15) is 36.2 Å². The molecule has 1 saturated heterocycles. The SMILES string of the molecule is Cc1ccc(C(=O)NC(C(=O)N2CCCN(C)CC2)C(C)C)cc1. The van der Waals surface area contributed by atoms with E-state index in [9.17, 15) is 9.59 Å². The Morgan fingerprint density at radius 1 is 1.04 bits per heavy atom. The van der Waals surface area contributed by atoms with Crippen molar-refractivity contribution in [2.24, 2.45) is 5.92 Å². The predicted octanol–water partition coefficient (Wildman–Crippen LogP) is 1.91. The zero-order valence-electron chi connectivity index (χ0n) is 15.2. The minimum Gasteiger partial charge on any atom is -0.340 e. The average molecular weight is 331 g/mol. The summed E-state index contributed by atoms with van der Waals surface area (Å²) in [5.41, 5.74) is 1.70. The summed E-state index contributed by atoms with van der Waals surface area (Å²) < 4.78 is 0. The highest BCUT2D eigenvalue weighted by Crippen LogP contribution is 2.11. The Kier molecular flexibility index (Phi) is 6.37. The third-order valence-electron chi connectivity index (χ3n) is 4.56. The molecule has 1 aliphatic heterocycles. The largest absolute Gasteiger partial charge is 0.340 e. The molecule has 132 valence electrons. The second kappa shape index (κ2) is 8.29. The van der Waals surface area contributed by atoms with Gasteiger partial charge in [0.25, 0.3) is 5.91 Å². The summed E-state index contributed by atoms with van der Waals surface area (Å²) in [5, 5.41) is 2.94. The summed E-state index contributed by atoms with van der Waals surface area (Å²) >= 11 is 0. The molecule has 0 spiro atoms. The molecule has 5 heteroatoms. The van der Waals surface area contributed by atoms with E-state index in [0.717, 1.165) is 38.2 Å². The van der Waals surface area contributed by atoms with Crippen LogP contribution in [0.25, 0.3) is 0 Å². The van der Waals surface area contributed by atoms with Gasteiger partial charge in [0, 0.05) is 25.2 Å². The van der Waals surface area contributed by atoms with Crippen LogP contribution in [-0.2, 0) is 4.79 Å². The molecule has 2 amide bonds. The van der Waals surface area contributed by atoms with Crippen molar-refractivity contribution in [2.75, 3.05) is 33.2 Å². The molecule has 1 N–H and O–H groups in total. The standard InChI is InChI=1S/C19H29N3O2/c1-14(2)17(19(24)22-11-5-10-21(4)12-13-22)20-18(23)16-8-6-15(3)7-9-16/h6-9,14,17H,5,10-13H2,1-4H3,(H,20,23). The summed E-state index contributed by atoms with van der Waals surface area (Å²) in [5.74, 6) is -0.109. The van der Waals surface area contributed by atoms with Gasteiger partial charge in [-0.2, -0.15) is 0 Å². The first kappa shape index (κ1) is 18.5. The van der Waals surface area contributed by atoms with Crippen LogP contribution in [0.2, 0.25) is 0 Å². The Bertz CT molecular complexity index is 568.